The SMILES string of the molecule is Cc1cc(OCc2ccc(F)cc2F)c(Br)c(=O)n1-c1cccc(CO)c1. The molecule has 2 aromatic carbocycles. The highest BCUT2D eigenvalue weighted by Crippen LogP contribution is 2.25. The lowest BCUT2D eigenvalue weighted by molar-refractivity contribution is 0.282. The number of rotatable bonds is 5. The van der Waals surface area contributed by atoms with Gasteiger partial charge in [-0.2, -0.15) is 0 Å². The van der Waals surface area contributed by atoms with Gasteiger partial charge in [0.25, 0.3) is 5.56 Å². The first-order chi connectivity index (χ1) is 12.9. The summed E-state index contributed by atoms with van der Waals surface area (Å²) in [6, 6.07) is 11.9. The van der Waals surface area contributed by atoms with E-state index in [1.807, 2.05) is 0 Å². The van der Waals surface area contributed by atoms with E-state index in [4.69, 9.17) is 4.74 Å². The molecule has 0 amide bonds. The quantitative estimate of drug-likeness (QED) is 0.651. The van der Waals surface area contributed by atoms with E-state index in [0.717, 1.165) is 12.1 Å². The average Bonchev–Trinajstić information content (AvgIpc) is 2.65. The highest BCUT2D eigenvalue weighted by molar-refractivity contribution is 9.10. The van der Waals surface area contributed by atoms with Crippen LogP contribution in [0.25, 0.3) is 5.69 Å². The van der Waals surface area contributed by atoms with Gasteiger partial charge in [0.1, 0.15) is 28.5 Å². The molecule has 0 unspecified atom stereocenters. The van der Waals surface area contributed by atoms with E-state index >= 15 is 0 Å². The van der Waals surface area contributed by atoms with Crippen molar-refractivity contribution in [2.45, 2.75) is 20.1 Å². The van der Waals surface area contributed by atoms with E-state index in [9.17, 15) is 18.7 Å². The highest BCUT2D eigenvalue weighted by atomic mass is 79.9. The fourth-order valence-electron chi connectivity index (χ4n) is 2.70. The summed E-state index contributed by atoms with van der Waals surface area (Å²) in [5.41, 5.74) is 1.73. The molecule has 0 aliphatic carbocycles. The van der Waals surface area contributed by atoms with Crippen molar-refractivity contribution >= 4 is 15.9 Å². The van der Waals surface area contributed by atoms with Crippen molar-refractivity contribution in [3.05, 3.63) is 91.8 Å². The molecule has 1 heterocycles. The lowest BCUT2D eigenvalue weighted by Crippen LogP contribution is -2.22. The van der Waals surface area contributed by atoms with Crippen molar-refractivity contribution in [3.8, 4) is 11.4 Å². The number of ether oxygens (including phenoxy) is 1. The minimum atomic E-state index is -0.711. The summed E-state index contributed by atoms with van der Waals surface area (Å²) < 4.78 is 34.0. The molecule has 3 aromatic rings. The molecule has 140 valence electrons. The van der Waals surface area contributed by atoms with Gasteiger partial charge < -0.3 is 9.84 Å². The molecule has 0 aliphatic rings. The molecular weight excluding hydrogens is 420 g/mol. The van der Waals surface area contributed by atoms with E-state index < -0.39 is 11.6 Å². The monoisotopic (exact) mass is 435 g/mol. The topological polar surface area (TPSA) is 51.5 Å². The van der Waals surface area contributed by atoms with Crippen molar-refractivity contribution in [1.82, 2.24) is 4.57 Å². The van der Waals surface area contributed by atoms with Crippen LogP contribution < -0.4 is 10.3 Å². The van der Waals surface area contributed by atoms with Gasteiger partial charge in [0.05, 0.1) is 6.61 Å². The summed E-state index contributed by atoms with van der Waals surface area (Å²) >= 11 is 3.24. The predicted molar refractivity (Wildman–Crippen MR) is 101 cm³/mol. The molecule has 0 spiro atoms. The normalized spacial score (nSPS) is 10.9. The molecule has 7 heteroatoms. The Kier molecular flexibility index (Phi) is 5.72. The number of halogens is 3. The maximum absolute atomic E-state index is 13.8. The zero-order chi connectivity index (χ0) is 19.6. The smallest absolute Gasteiger partial charge is 0.273 e. The van der Waals surface area contributed by atoms with Gasteiger partial charge in [-0.05, 0) is 52.7 Å². The lowest BCUT2D eigenvalue weighted by Gasteiger charge is -2.15. The molecule has 0 atom stereocenters. The minimum absolute atomic E-state index is 0.132. The second kappa shape index (κ2) is 8.02. The molecular formula is C20H16BrF2NO3. The Balaban J connectivity index is 1.94. The molecule has 1 aromatic heterocycles. The zero-order valence-electron chi connectivity index (χ0n) is 14.4. The first-order valence-corrected chi connectivity index (χ1v) is 8.89. The second-order valence-corrected chi connectivity index (χ2v) is 6.75. The van der Waals surface area contributed by atoms with Crippen LogP contribution in [-0.2, 0) is 13.2 Å². The molecule has 3 rings (SSSR count). The molecule has 0 bridgehead atoms. The first-order valence-electron chi connectivity index (χ1n) is 8.09. The number of aliphatic hydroxyl groups excluding tert-OH is 1. The van der Waals surface area contributed by atoms with E-state index in [2.05, 4.69) is 15.9 Å². The predicted octanol–water partition coefficient (Wildman–Crippen LogP) is 4.26. The van der Waals surface area contributed by atoms with Crippen molar-refractivity contribution in [2.24, 2.45) is 0 Å². The third kappa shape index (κ3) is 4.09. The van der Waals surface area contributed by atoms with Crippen molar-refractivity contribution in [1.29, 1.82) is 0 Å². The van der Waals surface area contributed by atoms with Crippen molar-refractivity contribution < 1.29 is 18.6 Å². The standard InChI is InChI=1S/C20H16BrF2NO3/c1-12-7-18(27-11-14-5-6-15(22)9-17(14)23)19(21)20(26)24(12)16-4-2-3-13(8-16)10-25/h2-9,25H,10-11H2,1H3. The maximum atomic E-state index is 13.8. The molecule has 1 N–H and O–H groups in total. The Morgan fingerprint density at radius 2 is 1.93 bits per heavy atom. The zero-order valence-corrected chi connectivity index (χ0v) is 16.0. The molecule has 0 saturated heterocycles. The molecule has 0 saturated carbocycles. The van der Waals surface area contributed by atoms with Gasteiger partial charge in [0, 0.05) is 29.1 Å². The Morgan fingerprint density at radius 3 is 2.63 bits per heavy atom. The molecule has 0 aliphatic heterocycles. The largest absolute Gasteiger partial charge is 0.487 e. The van der Waals surface area contributed by atoms with Gasteiger partial charge >= 0.3 is 0 Å². The van der Waals surface area contributed by atoms with E-state index in [1.165, 1.54) is 10.6 Å². The Bertz CT molecular complexity index is 1050. The number of pyridine rings is 1. The average molecular weight is 436 g/mol. The van der Waals surface area contributed by atoms with Gasteiger partial charge in [-0.1, -0.05) is 12.1 Å². The van der Waals surface area contributed by atoms with Crippen LogP contribution in [0.4, 0.5) is 8.78 Å². The number of hydrogen-bond donors (Lipinski definition) is 1. The summed E-state index contributed by atoms with van der Waals surface area (Å²) in [6.07, 6.45) is 0. The third-order valence-corrected chi connectivity index (χ3v) is 4.78. The van der Waals surface area contributed by atoms with Crippen LogP contribution in [0, 0.1) is 18.6 Å². The lowest BCUT2D eigenvalue weighted by atomic mass is 10.2. The van der Waals surface area contributed by atoms with Crippen LogP contribution in [0.3, 0.4) is 0 Å². The summed E-state index contributed by atoms with van der Waals surface area (Å²) in [6.45, 7) is 1.46. The van der Waals surface area contributed by atoms with E-state index in [0.29, 0.717) is 16.9 Å². The number of benzene rings is 2. The Hall–Kier alpha value is -2.51. The number of aliphatic hydroxyl groups is 1. The Morgan fingerprint density at radius 1 is 1.15 bits per heavy atom. The number of aromatic nitrogens is 1. The minimum Gasteiger partial charge on any atom is -0.487 e. The molecule has 0 fully saturated rings. The van der Waals surface area contributed by atoms with Crippen LogP contribution in [0.2, 0.25) is 0 Å². The fraction of sp³-hybridized carbons (Fsp3) is 0.150. The second-order valence-electron chi connectivity index (χ2n) is 5.96. The van der Waals surface area contributed by atoms with Crippen LogP contribution in [-0.4, -0.2) is 9.67 Å². The molecule has 27 heavy (non-hydrogen) atoms. The van der Waals surface area contributed by atoms with Gasteiger partial charge in [-0.15, -0.1) is 0 Å². The van der Waals surface area contributed by atoms with Crippen LogP contribution in [0.1, 0.15) is 16.8 Å². The van der Waals surface area contributed by atoms with Gasteiger partial charge in [-0.3, -0.25) is 9.36 Å². The van der Waals surface area contributed by atoms with E-state index in [1.54, 1.807) is 37.3 Å². The van der Waals surface area contributed by atoms with Gasteiger partial charge in [0.2, 0.25) is 0 Å². The van der Waals surface area contributed by atoms with Gasteiger partial charge in [0.15, 0.2) is 0 Å². The maximum Gasteiger partial charge on any atom is 0.273 e. The summed E-state index contributed by atoms with van der Waals surface area (Å²) in [5, 5.41) is 9.29. The van der Waals surface area contributed by atoms with Gasteiger partial charge in [-0.25, -0.2) is 8.78 Å². The highest BCUT2D eigenvalue weighted by Gasteiger charge is 2.14. The molecule has 0 radical (unpaired) electrons. The van der Waals surface area contributed by atoms with Crippen molar-refractivity contribution in [3.63, 3.8) is 0 Å². The first kappa shape index (κ1) is 19.3. The number of aryl methyl sites for hydroxylation is 1. The van der Waals surface area contributed by atoms with Crippen LogP contribution in [0.5, 0.6) is 5.75 Å². The third-order valence-electron chi connectivity index (χ3n) is 4.05. The summed E-state index contributed by atoms with van der Waals surface area (Å²) in [4.78, 5) is 12.8. The van der Waals surface area contributed by atoms with Crippen molar-refractivity contribution in [2.75, 3.05) is 0 Å². The summed E-state index contributed by atoms with van der Waals surface area (Å²) in [7, 11) is 0. The fourth-order valence-corrected chi connectivity index (χ4v) is 3.10. The van der Waals surface area contributed by atoms with Crippen LogP contribution >= 0.6 is 15.9 Å². The van der Waals surface area contributed by atoms with E-state index in [-0.39, 0.29) is 34.6 Å². The molecule has 4 nitrogen and oxygen atoms in total. The number of nitrogens with zero attached hydrogens (tertiary/aromatic N) is 1. The van der Waals surface area contributed by atoms with Crippen LogP contribution in [0.15, 0.2) is 57.8 Å². The Labute approximate surface area is 162 Å². The summed E-state index contributed by atoms with van der Waals surface area (Å²) in [5.74, 6) is -1.12. The number of hydrogen-bond acceptors (Lipinski definition) is 3.